The number of carbonyl (C=O) groups is 2. The predicted molar refractivity (Wildman–Crippen MR) is 75.6 cm³/mol. The van der Waals surface area contributed by atoms with Gasteiger partial charge in [-0.25, -0.2) is 4.39 Å². The Kier molecular flexibility index (Phi) is 6.65. The maximum Gasteiger partial charge on any atom is 0.308 e. The molecule has 0 fully saturated rings. The lowest BCUT2D eigenvalue weighted by Crippen LogP contribution is -2.33. The van der Waals surface area contributed by atoms with Crippen LogP contribution >= 0.6 is 0 Å². The number of nitrogens with zero attached hydrogens (tertiary/aromatic N) is 1. The number of carbonyl (C=O) groups excluding carboxylic acids is 1. The topological polar surface area (TPSA) is 66.8 Å². The number of hydrogen-bond donors (Lipinski definition) is 1. The molecule has 1 rings (SSSR count). The highest BCUT2D eigenvalue weighted by Gasteiger charge is 2.16. The average Bonchev–Trinajstić information content (AvgIpc) is 2.43. The summed E-state index contributed by atoms with van der Waals surface area (Å²) in [5.74, 6) is -1.60. The minimum absolute atomic E-state index is 0.133. The van der Waals surface area contributed by atoms with Gasteiger partial charge in [-0.3, -0.25) is 9.59 Å². The predicted octanol–water partition coefficient (Wildman–Crippen LogP) is 2.16. The van der Waals surface area contributed by atoms with E-state index in [0.717, 1.165) is 0 Å². The van der Waals surface area contributed by atoms with Crippen molar-refractivity contribution in [2.75, 3.05) is 20.2 Å². The molecular weight excluding hydrogens is 277 g/mol. The summed E-state index contributed by atoms with van der Waals surface area (Å²) in [5, 5.41) is 8.79. The third-order valence-electron chi connectivity index (χ3n) is 2.99. The molecule has 0 bridgehead atoms. The first-order chi connectivity index (χ1) is 9.90. The molecule has 0 saturated carbocycles. The molecular formula is C15H20FNO4. The van der Waals surface area contributed by atoms with E-state index in [1.165, 1.54) is 17.0 Å². The third-order valence-corrected chi connectivity index (χ3v) is 2.99. The van der Waals surface area contributed by atoms with Crippen molar-refractivity contribution in [3.8, 4) is 5.75 Å². The molecule has 1 N–H and O–H groups in total. The summed E-state index contributed by atoms with van der Waals surface area (Å²) in [6, 6.07) is 5.81. The van der Waals surface area contributed by atoms with Crippen LogP contribution in [0.5, 0.6) is 5.75 Å². The fourth-order valence-electron chi connectivity index (χ4n) is 1.75. The van der Waals surface area contributed by atoms with Gasteiger partial charge in [-0.15, -0.1) is 0 Å². The maximum atomic E-state index is 12.9. The van der Waals surface area contributed by atoms with Gasteiger partial charge < -0.3 is 14.7 Å². The van der Waals surface area contributed by atoms with E-state index in [-0.39, 0.29) is 24.7 Å². The van der Waals surface area contributed by atoms with Crippen molar-refractivity contribution in [3.63, 3.8) is 0 Å². The molecule has 21 heavy (non-hydrogen) atoms. The molecule has 0 heterocycles. The summed E-state index contributed by atoms with van der Waals surface area (Å²) in [6.07, 6.45) is 0.749. The molecule has 0 aliphatic rings. The Morgan fingerprint density at radius 3 is 2.76 bits per heavy atom. The fourth-order valence-corrected chi connectivity index (χ4v) is 1.75. The maximum absolute atomic E-state index is 12.9. The van der Waals surface area contributed by atoms with E-state index in [0.29, 0.717) is 18.8 Å². The summed E-state index contributed by atoms with van der Waals surface area (Å²) in [6.45, 7) is 2.04. The molecule has 0 unspecified atom stereocenters. The van der Waals surface area contributed by atoms with Gasteiger partial charge >= 0.3 is 5.97 Å². The number of hydrogen-bond acceptors (Lipinski definition) is 3. The summed E-state index contributed by atoms with van der Waals surface area (Å²) >= 11 is 0. The number of benzene rings is 1. The molecule has 1 aromatic rings. The summed E-state index contributed by atoms with van der Waals surface area (Å²) in [4.78, 5) is 23.9. The Bertz CT molecular complexity index is 492. The van der Waals surface area contributed by atoms with Gasteiger partial charge in [-0.05, 0) is 18.6 Å². The number of halogens is 1. The quantitative estimate of drug-likeness (QED) is 0.747. The summed E-state index contributed by atoms with van der Waals surface area (Å²) in [7, 11) is 1.58. The Labute approximate surface area is 123 Å². The third kappa shape index (κ3) is 6.25. The van der Waals surface area contributed by atoms with Gasteiger partial charge in [0.1, 0.15) is 11.6 Å². The highest BCUT2D eigenvalue weighted by atomic mass is 19.1. The molecule has 1 amide bonds. The molecule has 5 nitrogen and oxygen atoms in total. The van der Waals surface area contributed by atoms with Crippen LogP contribution in [0.1, 0.15) is 19.8 Å². The van der Waals surface area contributed by atoms with Gasteiger partial charge in [0.2, 0.25) is 5.91 Å². The van der Waals surface area contributed by atoms with E-state index >= 15 is 0 Å². The standard InChI is InChI=1S/C15H20FNO4/c1-11(15(19)20)10-17(2)14(18)7-4-8-21-13-6-3-5-12(16)9-13/h3,5-6,9,11H,4,7-8,10H2,1-2H3,(H,19,20)/t11-/m1/s1. The van der Waals surface area contributed by atoms with Crippen molar-refractivity contribution < 1.29 is 23.8 Å². The van der Waals surface area contributed by atoms with Gasteiger partial charge in [0.25, 0.3) is 0 Å². The zero-order valence-corrected chi connectivity index (χ0v) is 12.2. The number of carboxylic acid groups (broad SMARTS) is 1. The monoisotopic (exact) mass is 297 g/mol. The Morgan fingerprint density at radius 2 is 2.14 bits per heavy atom. The molecule has 1 atom stereocenters. The van der Waals surface area contributed by atoms with Gasteiger partial charge in [-0.1, -0.05) is 13.0 Å². The van der Waals surface area contributed by atoms with Crippen molar-refractivity contribution in [1.29, 1.82) is 0 Å². The fraction of sp³-hybridized carbons (Fsp3) is 0.467. The molecule has 1 aromatic carbocycles. The normalized spacial score (nSPS) is 11.8. The van der Waals surface area contributed by atoms with E-state index in [1.807, 2.05) is 0 Å². The zero-order valence-electron chi connectivity index (χ0n) is 12.2. The second-order valence-electron chi connectivity index (χ2n) is 4.92. The van der Waals surface area contributed by atoms with Gasteiger partial charge in [0.05, 0.1) is 12.5 Å². The average molecular weight is 297 g/mol. The van der Waals surface area contributed by atoms with E-state index in [9.17, 15) is 14.0 Å². The van der Waals surface area contributed by atoms with Crippen LogP contribution in [0.3, 0.4) is 0 Å². The Morgan fingerprint density at radius 1 is 1.43 bits per heavy atom. The van der Waals surface area contributed by atoms with Crippen molar-refractivity contribution in [1.82, 2.24) is 4.90 Å². The van der Waals surface area contributed by atoms with E-state index < -0.39 is 11.9 Å². The zero-order chi connectivity index (χ0) is 15.8. The van der Waals surface area contributed by atoms with Gasteiger partial charge in [0.15, 0.2) is 0 Å². The van der Waals surface area contributed by atoms with Crippen molar-refractivity contribution >= 4 is 11.9 Å². The second kappa shape index (κ2) is 8.24. The number of carboxylic acids is 1. The van der Waals surface area contributed by atoms with Crippen molar-refractivity contribution in [2.45, 2.75) is 19.8 Å². The molecule has 6 heteroatoms. The molecule has 116 valence electrons. The highest BCUT2D eigenvalue weighted by molar-refractivity contribution is 5.77. The van der Waals surface area contributed by atoms with Crippen LogP contribution in [-0.2, 0) is 9.59 Å². The summed E-state index contributed by atoms with van der Waals surface area (Å²) < 4.78 is 18.2. The highest BCUT2D eigenvalue weighted by Crippen LogP contribution is 2.12. The smallest absolute Gasteiger partial charge is 0.308 e. The number of rotatable bonds is 8. The van der Waals surface area contributed by atoms with Crippen LogP contribution in [0, 0.1) is 11.7 Å². The van der Waals surface area contributed by atoms with Crippen LogP contribution in [0.15, 0.2) is 24.3 Å². The molecule has 0 aliphatic carbocycles. The summed E-state index contributed by atoms with van der Waals surface area (Å²) in [5.41, 5.74) is 0. The molecule has 0 aromatic heterocycles. The largest absolute Gasteiger partial charge is 0.493 e. The van der Waals surface area contributed by atoms with Gasteiger partial charge in [0, 0.05) is 26.1 Å². The van der Waals surface area contributed by atoms with Crippen LogP contribution < -0.4 is 4.74 Å². The number of aliphatic carboxylic acids is 1. The number of ether oxygens (including phenoxy) is 1. The van der Waals surface area contributed by atoms with E-state index in [2.05, 4.69) is 0 Å². The Balaban J connectivity index is 2.25. The first-order valence-electron chi connectivity index (χ1n) is 6.75. The van der Waals surface area contributed by atoms with Crippen LogP contribution in [-0.4, -0.2) is 42.1 Å². The van der Waals surface area contributed by atoms with Crippen LogP contribution in [0.2, 0.25) is 0 Å². The van der Waals surface area contributed by atoms with Crippen molar-refractivity contribution in [3.05, 3.63) is 30.1 Å². The molecule has 0 saturated heterocycles. The van der Waals surface area contributed by atoms with E-state index in [4.69, 9.17) is 9.84 Å². The first-order valence-corrected chi connectivity index (χ1v) is 6.75. The minimum atomic E-state index is -0.927. The molecule has 0 radical (unpaired) electrons. The van der Waals surface area contributed by atoms with Gasteiger partial charge in [-0.2, -0.15) is 0 Å². The molecule has 0 spiro atoms. The SMILES string of the molecule is C[C@H](CN(C)C(=O)CCCOc1cccc(F)c1)C(=O)O. The van der Waals surface area contributed by atoms with Crippen molar-refractivity contribution in [2.24, 2.45) is 5.92 Å². The lowest BCUT2D eigenvalue weighted by Gasteiger charge is -2.19. The van der Waals surface area contributed by atoms with E-state index in [1.54, 1.807) is 26.1 Å². The van der Waals surface area contributed by atoms with Crippen LogP contribution in [0.25, 0.3) is 0 Å². The lowest BCUT2D eigenvalue weighted by molar-refractivity contribution is -0.142. The molecule has 0 aliphatic heterocycles. The van der Waals surface area contributed by atoms with Crippen LogP contribution in [0.4, 0.5) is 4.39 Å². The first kappa shape index (κ1) is 16.9. The lowest BCUT2D eigenvalue weighted by atomic mass is 10.1. The second-order valence-corrected chi connectivity index (χ2v) is 4.92. The Hall–Kier alpha value is -2.11. The number of amides is 1. The minimum Gasteiger partial charge on any atom is -0.493 e.